The summed E-state index contributed by atoms with van der Waals surface area (Å²) in [6, 6.07) is 10.4. The van der Waals surface area contributed by atoms with E-state index in [-0.39, 0.29) is 29.9 Å². The van der Waals surface area contributed by atoms with Crippen molar-refractivity contribution in [3.63, 3.8) is 0 Å². The van der Waals surface area contributed by atoms with E-state index in [0.29, 0.717) is 18.4 Å². The van der Waals surface area contributed by atoms with Crippen molar-refractivity contribution < 1.29 is 22.9 Å². The number of nitrogens with one attached hydrogen (secondary N) is 1. The molecule has 2 rings (SSSR count). The van der Waals surface area contributed by atoms with Gasteiger partial charge in [0.05, 0.1) is 16.9 Å². The van der Waals surface area contributed by atoms with Crippen LogP contribution in [0.3, 0.4) is 0 Å². The highest BCUT2D eigenvalue weighted by atomic mass is 32.2. The zero-order valence-electron chi connectivity index (χ0n) is 22.2. The number of rotatable bonds is 12. The first kappa shape index (κ1) is 29.8. The number of hydrogen-bond acceptors (Lipinski definition) is 6. The quantitative estimate of drug-likeness (QED) is 0.328. The number of amides is 2. The van der Waals surface area contributed by atoms with Gasteiger partial charge in [0.15, 0.2) is 0 Å². The molecule has 2 atom stereocenters. The maximum Gasteiger partial charge on any atom is 0.271 e. The Hall–Kier alpha value is -3.47. The van der Waals surface area contributed by atoms with Crippen LogP contribution >= 0.6 is 0 Å². The largest absolute Gasteiger partial charge is 0.352 e. The molecule has 0 radical (unpaired) electrons. The summed E-state index contributed by atoms with van der Waals surface area (Å²) < 4.78 is 26.4. The van der Waals surface area contributed by atoms with Crippen LogP contribution in [0.15, 0.2) is 42.5 Å². The fourth-order valence-corrected chi connectivity index (χ4v) is 4.72. The van der Waals surface area contributed by atoms with Crippen LogP contribution < -0.4 is 9.62 Å². The average molecular weight is 533 g/mol. The Morgan fingerprint density at radius 3 is 2.19 bits per heavy atom. The molecule has 202 valence electrons. The molecule has 11 heteroatoms. The minimum absolute atomic E-state index is 0.0393. The van der Waals surface area contributed by atoms with Crippen LogP contribution in [0.4, 0.5) is 11.4 Å². The first-order chi connectivity index (χ1) is 17.3. The summed E-state index contributed by atoms with van der Waals surface area (Å²) in [5, 5.41) is 14.2. The summed E-state index contributed by atoms with van der Waals surface area (Å²) in [7, 11) is -4.00. The minimum atomic E-state index is -4.00. The molecule has 0 aliphatic heterocycles. The number of hydrogen-bond donors (Lipinski definition) is 1. The van der Waals surface area contributed by atoms with E-state index in [2.05, 4.69) is 5.32 Å². The first-order valence-corrected chi connectivity index (χ1v) is 14.0. The number of carbonyl (C=O) groups excluding carboxylic acids is 2. The number of nitro groups is 1. The standard InChI is InChI=1S/C26H36N4O6S/c1-7-20(5)27-26(32)23(8-2)28(16-21-12-9-18(3)10-13-21)25(31)17-29(37(6,35)36)24-15-22(30(33)34)14-11-19(24)4/h9-15,20,23H,7-8,16-17H2,1-6H3,(H,27,32)/t20-,23-/m0/s1. The number of aryl methyl sites for hydroxylation is 2. The van der Waals surface area contributed by atoms with Gasteiger partial charge in [-0.3, -0.25) is 24.0 Å². The van der Waals surface area contributed by atoms with Crippen molar-refractivity contribution in [2.75, 3.05) is 17.1 Å². The molecule has 0 spiro atoms. The van der Waals surface area contributed by atoms with Crippen LogP contribution in [0.1, 0.15) is 50.3 Å². The number of non-ortho nitro benzene ring substituents is 1. The molecule has 10 nitrogen and oxygen atoms in total. The van der Waals surface area contributed by atoms with E-state index >= 15 is 0 Å². The van der Waals surface area contributed by atoms with Crippen molar-refractivity contribution in [3.05, 3.63) is 69.3 Å². The molecule has 0 bridgehead atoms. The summed E-state index contributed by atoms with van der Waals surface area (Å²) in [5.41, 5.74) is 2.02. The number of sulfonamides is 1. The van der Waals surface area contributed by atoms with Crippen molar-refractivity contribution in [1.29, 1.82) is 0 Å². The number of nitrogens with zero attached hydrogens (tertiary/aromatic N) is 3. The SMILES string of the molecule is CC[C@H](C)NC(=O)[C@H](CC)N(Cc1ccc(C)cc1)C(=O)CN(c1cc([N+](=O)[O-])ccc1C)S(C)(=O)=O. The molecule has 0 unspecified atom stereocenters. The fourth-order valence-electron chi connectivity index (χ4n) is 3.83. The molecule has 0 aliphatic carbocycles. The van der Waals surface area contributed by atoms with E-state index in [1.807, 2.05) is 45.0 Å². The van der Waals surface area contributed by atoms with Gasteiger partial charge in [-0.1, -0.05) is 49.7 Å². The van der Waals surface area contributed by atoms with E-state index in [1.165, 1.54) is 17.0 Å². The lowest BCUT2D eigenvalue weighted by atomic mass is 10.1. The Balaban J connectivity index is 2.52. The van der Waals surface area contributed by atoms with Crippen LogP contribution in [0, 0.1) is 24.0 Å². The number of anilines is 1. The molecule has 1 N–H and O–H groups in total. The Morgan fingerprint density at radius 2 is 1.68 bits per heavy atom. The molecular weight excluding hydrogens is 496 g/mol. The second kappa shape index (κ2) is 12.7. The van der Waals surface area contributed by atoms with Crippen molar-refractivity contribution in [1.82, 2.24) is 10.2 Å². The lowest BCUT2D eigenvalue weighted by Crippen LogP contribution is -2.53. The summed E-state index contributed by atoms with van der Waals surface area (Å²) in [5.74, 6) is -0.919. The lowest BCUT2D eigenvalue weighted by Gasteiger charge is -2.33. The highest BCUT2D eigenvalue weighted by Crippen LogP contribution is 2.28. The molecule has 0 heterocycles. The lowest BCUT2D eigenvalue weighted by molar-refractivity contribution is -0.384. The Kier molecular flexibility index (Phi) is 10.2. The number of nitro benzene ring substituents is 1. The van der Waals surface area contributed by atoms with Gasteiger partial charge in [0, 0.05) is 24.7 Å². The molecule has 37 heavy (non-hydrogen) atoms. The number of benzene rings is 2. The predicted octanol–water partition coefficient (Wildman–Crippen LogP) is 3.70. The molecule has 0 aliphatic rings. The van der Waals surface area contributed by atoms with Gasteiger partial charge in [-0.2, -0.15) is 0 Å². The van der Waals surface area contributed by atoms with Crippen molar-refractivity contribution in [2.45, 2.75) is 66.1 Å². The molecule has 0 fully saturated rings. The van der Waals surface area contributed by atoms with E-state index in [9.17, 15) is 28.1 Å². The second-order valence-corrected chi connectivity index (χ2v) is 11.2. The molecule has 0 aromatic heterocycles. The van der Waals surface area contributed by atoms with E-state index < -0.39 is 33.4 Å². The second-order valence-electron chi connectivity index (χ2n) is 9.25. The molecule has 2 aromatic carbocycles. The van der Waals surface area contributed by atoms with Gasteiger partial charge in [-0.15, -0.1) is 0 Å². The Bertz CT molecular complexity index is 1230. The summed E-state index contributed by atoms with van der Waals surface area (Å²) in [6.07, 6.45) is 1.96. The predicted molar refractivity (Wildman–Crippen MR) is 144 cm³/mol. The van der Waals surface area contributed by atoms with Gasteiger partial charge in [-0.05, 0) is 44.7 Å². The first-order valence-electron chi connectivity index (χ1n) is 12.2. The summed E-state index contributed by atoms with van der Waals surface area (Å²) >= 11 is 0. The third-order valence-electron chi connectivity index (χ3n) is 6.21. The fraction of sp³-hybridized carbons (Fsp3) is 0.462. The molecule has 0 saturated heterocycles. The van der Waals surface area contributed by atoms with Gasteiger partial charge in [0.2, 0.25) is 21.8 Å². The maximum absolute atomic E-state index is 13.7. The minimum Gasteiger partial charge on any atom is -0.352 e. The highest BCUT2D eigenvalue weighted by molar-refractivity contribution is 7.92. The van der Waals surface area contributed by atoms with Crippen LogP contribution in [-0.4, -0.2) is 54.9 Å². The monoisotopic (exact) mass is 532 g/mol. The molecular formula is C26H36N4O6S. The Labute approximate surface area is 218 Å². The average Bonchev–Trinajstić information content (AvgIpc) is 2.83. The van der Waals surface area contributed by atoms with Gasteiger partial charge < -0.3 is 10.2 Å². The van der Waals surface area contributed by atoms with Gasteiger partial charge in [0.25, 0.3) is 5.69 Å². The normalized spacial score (nSPS) is 12.9. The van der Waals surface area contributed by atoms with E-state index in [0.717, 1.165) is 27.8 Å². The smallest absolute Gasteiger partial charge is 0.271 e. The third-order valence-corrected chi connectivity index (χ3v) is 7.34. The zero-order chi connectivity index (χ0) is 27.9. The third kappa shape index (κ3) is 8.01. The zero-order valence-corrected chi connectivity index (χ0v) is 23.0. The highest BCUT2D eigenvalue weighted by Gasteiger charge is 2.33. The summed E-state index contributed by atoms with van der Waals surface area (Å²) in [4.78, 5) is 39.0. The Morgan fingerprint density at radius 1 is 1.05 bits per heavy atom. The van der Waals surface area contributed by atoms with Gasteiger partial charge >= 0.3 is 0 Å². The van der Waals surface area contributed by atoms with Gasteiger partial charge in [0.1, 0.15) is 12.6 Å². The van der Waals surface area contributed by atoms with Gasteiger partial charge in [-0.25, -0.2) is 8.42 Å². The van der Waals surface area contributed by atoms with E-state index in [1.54, 1.807) is 13.8 Å². The topological polar surface area (TPSA) is 130 Å². The summed E-state index contributed by atoms with van der Waals surface area (Å²) in [6.45, 7) is 8.62. The van der Waals surface area contributed by atoms with Crippen LogP contribution in [0.2, 0.25) is 0 Å². The van der Waals surface area contributed by atoms with Crippen molar-refractivity contribution in [3.8, 4) is 0 Å². The van der Waals surface area contributed by atoms with Crippen molar-refractivity contribution >= 4 is 33.2 Å². The van der Waals surface area contributed by atoms with Crippen molar-refractivity contribution in [2.24, 2.45) is 0 Å². The van der Waals surface area contributed by atoms with Crippen LogP contribution in [0.25, 0.3) is 0 Å². The molecule has 2 aromatic rings. The number of carbonyl (C=O) groups is 2. The molecule has 2 amide bonds. The van der Waals surface area contributed by atoms with Crippen LogP contribution in [0.5, 0.6) is 0 Å². The molecule has 0 saturated carbocycles. The van der Waals surface area contributed by atoms with E-state index in [4.69, 9.17) is 0 Å². The maximum atomic E-state index is 13.7. The van der Waals surface area contributed by atoms with Crippen LogP contribution in [-0.2, 0) is 26.2 Å².